The summed E-state index contributed by atoms with van der Waals surface area (Å²) in [5, 5.41) is 8.42. The number of imidazole rings is 2. The zero-order valence-corrected chi connectivity index (χ0v) is 11.8. The van der Waals surface area contributed by atoms with Crippen LogP contribution in [0, 0.1) is 0 Å². The molecule has 0 aliphatic heterocycles. The van der Waals surface area contributed by atoms with Gasteiger partial charge in [0.05, 0.1) is 18.7 Å². The van der Waals surface area contributed by atoms with Crippen LogP contribution in [0.1, 0.15) is 11.4 Å². The maximum absolute atomic E-state index is 10.5. The van der Waals surface area contributed by atoms with Gasteiger partial charge in [-0.2, -0.15) is 0 Å². The molecule has 2 aromatic heterocycles. The topological polar surface area (TPSA) is 190 Å². The molecule has 1 amide bonds. The molecule has 10 nitrogen and oxygen atoms in total. The fourth-order valence-electron chi connectivity index (χ4n) is 1.45. The summed E-state index contributed by atoms with van der Waals surface area (Å²) >= 11 is 0. The number of nitrogens with zero attached hydrogens (tertiary/aromatic N) is 2. The van der Waals surface area contributed by atoms with Crippen molar-refractivity contribution < 1.29 is 14.7 Å². The number of primary amides is 1. The molecule has 0 aromatic carbocycles. The monoisotopic (exact) mass is 309 g/mol. The second kappa shape index (κ2) is 8.54. The van der Waals surface area contributed by atoms with Gasteiger partial charge in [-0.3, -0.25) is 9.59 Å². The molecule has 120 valence electrons. The highest BCUT2D eigenvalue weighted by atomic mass is 16.4. The first kappa shape index (κ1) is 17.3. The minimum absolute atomic E-state index is 0.287. The summed E-state index contributed by atoms with van der Waals surface area (Å²) in [6.07, 6.45) is 6.89. The first-order valence-electron chi connectivity index (χ1n) is 6.38. The lowest BCUT2D eigenvalue weighted by Crippen LogP contribution is -2.38. The number of nitrogens with two attached hydrogens (primary N) is 3. The number of H-pyrrole nitrogens is 2. The number of aromatic amines is 2. The molecular weight excluding hydrogens is 290 g/mol. The summed E-state index contributed by atoms with van der Waals surface area (Å²) < 4.78 is 0. The molecule has 0 bridgehead atoms. The molecule has 0 saturated carbocycles. The van der Waals surface area contributed by atoms with Gasteiger partial charge in [-0.05, 0) is 0 Å². The summed E-state index contributed by atoms with van der Waals surface area (Å²) in [6, 6.07) is -1.48. The van der Waals surface area contributed by atoms with Crippen molar-refractivity contribution in [1.29, 1.82) is 0 Å². The van der Waals surface area contributed by atoms with E-state index in [-0.39, 0.29) is 6.42 Å². The highest BCUT2D eigenvalue weighted by Gasteiger charge is 2.12. The van der Waals surface area contributed by atoms with E-state index < -0.39 is 24.0 Å². The molecule has 0 radical (unpaired) electrons. The molecule has 0 aliphatic rings. The number of carboxylic acid groups (broad SMARTS) is 1. The Morgan fingerprint density at radius 2 is 1.50 bits per heavy atom. The van der Waals surface area contributed by atoms with Crippen LogP contribution < -0.4 is 17.2 Å². The summed E-state index contributed by atoms with van der Waals surface area (Å²) in [4.78, 5) is 33.8. The van der Waals surface area contributed by atoms with Crippen molar-refractivity contribution in [2.45, 2.75) is 24.9 Å². The molecule has 2 rings (SSSR count). The van der Waals surface area contributed by atoms with Gasteiger partial charge < -0.3 is 32.3 Å². The molecule has 0 saturated heterocycles. The molecule has 2 heterocycles. The molecule has 0 fully saturated rings. The van der Waals surface area contributed by atoms with Crippen LogP contribution >= 0.6 is 0 Å². The van der Waals surface area contributed by atoms with Crippen molar-refractivity contribution in [3.63, 3.8) is 0 Å². The molecule has 2 atom stereocenters. The maximum atomic E-state index is 10.5. The van der Waals surface area contributed by atoms with Crippen LogP contribution in [0.5, 0.6) is 0 Å². The van der Waals surface area contributed by atoms with Gasteiger partial charge >= 0.3 is 5.97 Å². The fraction of sp³-hybridized carbons (Fsp3) is 0.333. The van der Waals surface area contributed by atoms with Crippen LogP contribution in [0.3, 0.4) is 0 Å². The second-order valence-electron chi connectivity index (χ2n) is 4.52. The number of rotatable bonds is 6. The largest absolute Gasteiger partial charge is 0.480 e. The summed E-state index contributed by atoms with van der Waals surface area (Å²) in [7, 11) is 0. The van der Waals surface area contributed by atoms with E-state index in [1.54, 1.807) is 12.4 Å². The molecule has 2 unspecified atom stereocenters. The highest BCUT2D eigenvalue weighted by molar-refractivity contribution is 5.79. The van der Waals surface area contributed by atoms with Crippen molar-refractivity contribution >= 4 is 11.9 Å². The Morgan fingerprint density at radius 1 is 1.05 bits per heavy atom. The molecule has 0 aliphatic carbocycles. The molecule has 22 heavy (non-hydrogen) atoms. The Balaban J connectivity index is 0.000000220. The van der Waals surface area contributed by atoms with Gasteiger partial charge in [-0.1, -0.05) is 0 Å². The Labute approximate surface area is 126 Å². The van der Waals surface area contributed by atoms with E-state index in [4.69, 9.17) is 22.3 Å². The molecule has 0 spiro atoms. The third kappa shape index (κ3) is 6.15. The number of carboxylic acids is 1. The third-order valence-corrected chi connectivity index (χ3v) is 2.67. The first-order valence-corrected chi connectivity index (χ1v) is 6.38. The van der Waals surface area contributed by atoms with Gasteiger partial charge in [0.2, 0.25) is 5.91 Å². The second-order valence-corrected chi connectivity index (χ2v) is 4.52. The Bertz CT molecular complexity index is 515. The van der Waals surface area contributed by atoms with Gasteiger partial charge in [-0.15, -0.1) is 0 Å². The van der Waals surface area contributed by atoms with Crippen LogP contribution in [0.2, 0.25) is 0 Å². The first-order chi connectivity index (χ1) is 10.4. The minimum atomic E-state index is -1.00. The van der Waals surface area contributed by atoms with E-state index in [9.17, 15) is 9.59 Å². The van der Waals surface area contributed by atoms with Gasteiger partial charge in [0.25, 0.3) is 0 Å². The Morgan fingerprint density at radius 3 is 1.82 bits per heavy atom. The zero-order valence-electron chi connectivity index (χ0n) is 11.8. The predicted octanol–water partition coefficient (Wildman–Crippen LogP) is -1.87. The zero-order chi connectivity index (χ0) is 16.5. The van der Waals surface area contributed by atoms with Crippen molar-refractivity contribution in [3.05, 3.63) is 36.4 Å². The normalized spacial score (nSPS) is 12.8. The average Bonchev–Trinajstić information content (AvgIpc) is 3.12. The maximum Gasteiger partial charge on any atom is 0.320 e. The van der Waals surface area contributed by atoms with Crippen LogP contribution in [0.15, 0.2) is 25.0 Å². The number of hydrogen-bond acceptors (Lipinski definition) is 6. The van der Waals surface area contributed by atoms with Crippen LogP contribution in [0.4, 0.5) is 0 Å². The fourth-order valence-corrected chi connectivity index (χ4v) is 1.45. The lowest BCUT2D eigenvalue weighted by Gasteiger charge is -2.03. The standard InChI is InChI=1S/C6H10N4O.C6H9N3O2/c7-5(6(8)11)1-4-2-9-3-10-4;7-5(6(10)11)1-4-2-8-3-9-4/h2-3,5H,1,7H2,(H2,8,11)(H,9,10);2-3,5H,1,7H2,(H,8,9)(H,10,11). The number of carbonyl (C=O) groups is 2. The molecule has 2 aromatic rings. The SMILES string of the molecule is NC(=O)C(N)Cc1cnc[nH]1.NC(Cc1cnc[nH]1)C(=O)O. The van der Waals surface area contributed by atoms with Crippen molar-refractivity contribution in [2.75, 3.05) is 0 Å². The number of amides is 1. The van der Waals surface area contributed by atoms with E-state index in [0.29, 0.717) is 6.42 Å². The van der Waals surface area contributed by atoms with Crippen LogP contribution in [-0.4, -0.2) is 49.0 Å². The van der Waals surface area contributed by atoms with Crippen molar-refractivity contribution in [1.82, 2.24) is 19.9 Å². The molecule has 10 heteroatoms. The number of nitrogens with one attached hydrogen (secondary N) is 2. The Kier molecular flexibility index (Phi) is 6.73. The highest BCUT2D eigenvalue weighted by Crippen LogP contribution is 1.95. The summed E-state index contributed by atoms with van der Waals surface area (Å²) in [5.74, 6) is -1.50. The lowest BCUT2D eigenvalue weighted by molar-refractivity contribution is -0.138. The summed E-state index contributed by atoms with van der Waals surface area (Å²) in [5.41, 5.74) is 17.2. The number of carbonyl (C=O) groups excluding carboxylic acids is 1. The predicted molar refractivity (Wildman–Crippen MR) is 77.4 cm³/mol. The third-order valence-electron chi connectivity index (χ3n) is 2.67. The number of aliphatic carboxylic acids is 1. The smallest absolute Gasteiger partial charge is 0.320 e. The Hall–Kier alpha value is -2.72. The van der Waals surface area contributed by atoms with E-state index in [0.717, 1.165) is 11.4 Å². The van der Waals surface area contributed by atoms with Gasteiger partial charge in [0.15, 0.2) is 0 Å². The van der Waals surface area contributed by atoms with E-state index in [1.165, 1.54) is 12.7 Å². The molecular formula is C12H19N7O3. The van der Waals surface area contributed by atoms with E-state index in [2.05, 4.69) is 19.9 Å². The van der Waals surface area contributed by atoms with Gasteiger partial charge in [0, 0.05) is 36.6 Å². The van der Waals surface area contributed by atoms with Crippen molar-refractivity contribution in [2.24, 2.45) is 17.2 Å². The van der Waals surface area contributed by atoms with Crippen LogP contribution in [-0.2, 0) is 22.4 Å². The van der Waals surface area contributed by atoms with Crippen molar-refractivity contribution in [3.8, 4) is 0 Å². The number of hydrogen-bond donors (Lipinski definition) is 6. The van der Waals surface area contributed by atoms with E-state index in [1.807, 2.05) is 0 Å². The average molecular weight is 309 g/mol. The lowest BCUT2D eigenvalue weighted by atomic mass is 10.2. The van der Waals surface area contributed by atoms with E-state index >= 15 is 0 Å². The minimum Gasteiger partial charge on any atom is -0.480 e. The van der Waals surface area contributed by atoms with Gasteiger partial charge in [0.1, 0.15) is 6.04 Å². The quantitative estimate of drug-likeness (QED) is 0.360. The summed E-state index contributed by atoms with van der Waals surface area (Å²) in [6.45, 7) is 0. The molecule has 9 N–H and O–H groups in total. The van der Waals surface area contributed by atoms with Gasteiger partial charge in [-0.25, -0.2) is 9.97 Å². The number of aromatic nitrogens is 4. The van der Waals surface area contributed by atoms with Crippen LogP contribution in [0.25, 0.3) is 0 Å².